The van der Waals surface area contributed by atoms with E-state index in [9.17, 15) is 9.59 Å². The summed E-state index contributed by atoms with van der Waals surface area (Å²) >= 11 is 0. The predicted molar refractivity (Wildman–Crippen MR) is 86.4 cm³/mol. The zero-order valence-electron chi connectivity index (χ0n) is 12.5. The predicted octanol–water partition coefficient (Wildman–Crippen LogP) is 3.98. The smallest absolute Gasteiger partial charge is 0.336 e. The number of carbonyl (C=O) groups is 2. The van der Waals surface area contributed by atoms with E-state index in [1.54, 1.807) is 12.1 Å². The van der Waals surface area contributed by atoms with E-state index in [2.05, 4.69) is 12.2 Å². The number of aryl methyl sites for hydroxylation is 1. The van der Waals surface area contributed by atoms with Crippen LogP contribution in [-0.2, 0) is 6.42 Å². The molecule has 22 heavy (non-hydrogen) atoms. The van der Waals surface area contributed by atoms with E-state index >= 15 is 0 Å². The molecule has 0 saturated carbocycles. The molecule has 0 aliphatic heterocycles. The molecule has 0 heterocycles. The molecule has 0 aromatic heterocycles. The van der Waals surface area contributed by atoms with Crippen LogP contribution < -0.4 is 5.32 Å². The summed E-state index contributed by atoms with van der Waals surface area (Å²) in [4.78, 5) is 23.4. The van der Waals surface area contributed by atoms with Crippen LogP contribution in [0.4, 0.5) is 5.69 Å². The number of anilines is 1. The Kier molecular flexibility index (Phi) is 5.31. The van der Waals surface area contributed by atoms with Crippen molar-refractivity contribution in [2.75, 3.05) is 5.32 Å². The molecule has 0 radical (unpaired) electrons. The Morgan fingerprint density at radius 3 is 2.23 bits per heavy atom. The number of hydrogen-bond acceptors (Lipinski definition) is 2. The van der Waals surface area contributed by atoms with E-state index in [1.807, 2.05) is 24.3 Å². The Morgan fingerprint density at radius 1 is 1.00 bits per heavy atom. The first-order valence-electron chi connectivity index (χ1n) is 7.34. The van der Waals surface area contributed by atoms with Crippen molar-refractivity contribution in [3.05, 3.63) is 65.2 Å². The second-order valence-electron chi connectivity index (χ2n) is 5.11. The van der Waals surface area contributed by atoms with Gasteiger partial charge in [-0.2, -0.15) is 0 Å². The van der Waals surface area contributed by atoms with Gasteiger partial charge >= 0.3 is 5.97 Å². The van der Waals surface area contributed by atoms with Gasteiger partial charge < -0.3 is 10.4 Å². The van der Waals surface area contributed by atoms with Crippen LogP contribution in [0.15, 0.2) is 48.5 Å². The number of amides is 1. The normalized spacial score (nSPS) is 10.2. The second kappa shape index (κ2) is 7.41. The second-order valence-corrected chi connectivity index (χ2v) is 5.11. The molecule has 2 aromatic carbocycles. The summed E-state index contributed by atoms with van der Waals surface area (Å²) in [5, 5.41) is 11.9. The van der Waals surface area contributed by atoms with Crippen molar-refractivity contribution in [3.63, 3.8) is 0 Å². The van der Waals surface area contributed by atoms with Crippen LogP contribution >= 0.6 is 0 Å². The third-order valence-electron chi connectivity index (χ3n) is 3.43. The topological polar surface area (TPSA) is 66.4 Å². The standard InChI is InChI=1S/C18H19NO3/c1-2-3-6-13-9-11-14(12-10-13)19-17(20)15-7-4-5-8-16(15)18(21)22/h4-5,7-12H,2-3,6H2,1H3,(H,19,20)(H,21,22). The van der Waals surface area contributed by atoms with Gasteiger partial charge in [0.1, 0.15) is 0 Å². The zero-order valence-corrected chi connectivity index (χ0v) is 12.5. The van der Waals surface area contributed by atoms with Gasteiger partial charge in [0.2, 0.25) is 0 Å². The lowest BCUT2D eigenvalue weighted by molar-refractivity contribution is 0.0692. The summed E-state index contributed by atoms with van der Waals surface area (Å²) in [5.41, 5.74) is 2.04. The zero-order chi connectivity index (χ0) is 15.9. The van der Waals surface area contributed by atoms with Crippen molar-refractivity contribution in [1.82, 2.24) is 0 Å². The van der Waals surface area contributed by atoms with Gasteiger partial charge in [-0.1, -0.05) is 37.6 Å². The van der Waals surface area contributed by atoms with Gasteiger partial charge in [-0.25, -0.2) is 4.79 Å². The molecule has 114 valence electrons. The Bertz CT molecular complexity index is 662. The lowest BCUT2D eigenvalue weighted by atomic mass is 10.1. The summed E-state index contributed by atoms with van der Waals surface area (Å²) in [6.07, 6.45) is 3.30. The summed E-state index contributed by atoms with van der Waals surface area (Å²) in [6.45, 7) is 2.15. The van der Waals surface area contributed by atoms with Gasteiger partial charge in [0.25, 0.3) is 5.91 Å². The average molecular weight is 297 g/mol. The van der Waals surface area contributed by atoms with Crippen LogP contribution in [0.5, 0.6) is 0 Å². The molecule has 0 spiro atoms. The molecule has 2 rings (SSSR count). The Morgan fingerprint density at radius 2 is 1.64 bits per heavy atom. The van der Waals surface area contributed by atoms with Gasteiger partial charge in [0, 0.05) is 5.69 Å². The first-order chi connectivity index (χ1) is 10.6. The summed E-state index contributed by atoms with van der Waals surface area (Å²) in [7, 11) is 0. The molecular formula is C18H19NO3. The summed E-state index contributed by atoms with van der Waals surface area (Å²) < 4.78 is 0. The highest BCUT2D eigenvalue weighted by Gasteiger charge is 2.15. The third-order valence-corrected chi connectivity index (χ3v) is 3.43. The van der Waals surface area contributed by atoms with E-state index < -0.39 is 11.9 Å². The Hall–Kier alpha value is -2.62. The maximum Gasteiger partial charge on any atom is 0.336 e. The van der Waals surface area contributed by atoms with Crippen LogP contribution in [-0.4, -0.2) is 17.0 Å². The largest absolute Gasteiger partial charge is 0.478 e. The van der Waals surface area contributed by atoms with Crippen LogP contribution in [0.25, 0.3) is 0 Å². The number of carbonyl (C=O) groups excluding carboxylic acids is 1. The fraction of sp³-hybridized carbons (Fsp3) is 0.222. The fourth-order valence-electron chi connectivity index (χ4n) is 2.20. The van der Waals surface area contributed by atoms with Crippen LogP contribution in [0.3, 0.4) is 0 Å². The van der Waals surface area contributed by atoms with Gasteiger partial charge in [-0.15, -0.1) is 0 Å². The van der Waals surface area contributed by atoms with E-state index in [4.69, 9.17) is 5.11 Å². The number of carboxylic acids is 1. The van der Waals surface area contributed by atoms with Crippen molar-refractivity contribution in [3.8, 4) is 0 Å². The highest BCUT2D eigenvalue weighted by atomic mass is 16.4. The van der Waals surface area contributed by atoms with Crippen molar-refractivity contribution in [2.24, 2.45) is 0 Å². The fourth-order valence-corrected chi connectivity index (χ4v) is 2.20. The van der Waals surface area contributed by atoms with Gasteiger partial charge in [-0.3, -0.25) is 4.79 Å². The minimum Gasteiger partial charge on any atom is -0.478 e. The van der Waals surface area contributed by atoms with Crippen LogP contribution in [0, 0.1) is 0 Å². The lowest BCUT2D eigenvalue weighted by Crippen LogP contribution is -2.16. The molecule has 4 nitrogen and oxygen atoms in total. The molecule has 0 saturated heterocycles. The van der Waals surface area contributed by atoms with E-state index in [0.717, 1.165) is 19.3 Å². The van der Waals surface area contributed by atoms with Crippen molar-refractivity contribution >= 4 is 17.6 Å². The van der Waals surface area contributed by atoms with Gasteiger partial charge in [-0.05, 0) is 42.7 Å². The van der Waals surface area contributed by atoms with E-state index in [0.29, 0.717) is 5.69 Å². The SMILES string of the molecule is CCCCc1ccc(NC(=O)c2ccccc2C(=O)O)cc1. The molecule has 2 N–H and O–H groups in total. The molecule has 0 aliphatic carbocycles. The summed E-state index contributed by atoms with van der Waals surface area (Å²) in [5.74, 6) is -1.53. The minimum atomic E-state index is -1.11. The van der Waals surface area contributed by atoms with E-state index in [-0.39, 0.29) is 11.1 Å². The monoisotopic (exact) mass is 297 g/mol. The number of aromatic carboxylic acids is 1. The number of unbranched alkanes of at least 4 members (excludes halogenated alkanes) is 1. The molecule has 0 unspecified atom stereocenters. The molecular weight excluding hydrogens is 278 g/mol. The first kappa shape index (κ1) is 15.8. The van der Waals surface area contributed by atoms with Crippen molar-refractivity contribution in [2.45, 2.75) is 26.2 Å². The number of rotatable bonds is 6. The molecule has 0 atom stereocenters. The molecule has 0 bridgehead atoms. The molecule has 0 fully saturated rings. The van der Waals surface area contributed by atoms with Crippen LogP contribution in [0.1, 0.15) is 46.0 Å². The number of carboxylic acid groups (broad SMARTS) is 1. The van der Waals surface area contributed by atoms with Gasteiger partial charge in [0.15, 0.2) is 0 Å². The van der Waals surface area contributed by atoms with E-state index in [1.165, 1.54) is 17.7 Å². The van der Waals surface area contributed by atoms with Crippen molar-refractivity contribution < 1.29 is 14.7 Å². The minimum absolute atomic E-state index is 0.000402. The number of nitrogens with one attached hydrogen (secondary N) is 1. The number of hydrogen-bond donors (Lipinski definition) is 2. The highest BCUT2D eigenvalue weighted by molar-refractivity contribution is 6.10. The maximum atomic E-state index is 12.2. The van der Waals surface area contributed by atoms with Crippen LogP contribution in [0.2, 0.25) is 0 Å². The molecule has 0 aliphatic rings. The third kappa shape index (κ3) is 3.95. The molecule has 2 aromatic rings. The summed E-state index contributed by atoms with van der Waals surface area (Å²) in [6, 6.07) is 13.8. The molecule has 1 amide bonds. The lowest BCUT2D eigenvalue weighted by Gasteiger charge is -2.08. The number of benzene rings is 2. The van der Waals surface area contributed by atoms with Gasteiger partial charge in [0.05, 0.1) is 11.1 Å². The highest BCUT2D eigenvalue weighted by Crippen LogP contribution is 2.15. The Balaban J connectivity index is 2.10. The quantitative estimate of drug-likeness (QED) is 0.847. The van der Waals surface area contributed by atoms with Crippen molar-refractivity contribution in [1.29, 1.82) is 0 Å². The Labute approximate surface area is 129 Å². The maximum absolute atomic E-state index is 12.2. The molecule has 4 heteroatoms. The average Bonchev–Trinajstić information content (AvgIpc) is 2.54. The first-order valence-corrected chi connectivity index (χ1v) is 7.34.